The molecule has 1 aromatic carbocycles. The van der Waals surface area contributed by atoms with Gasteiger partial charge in [-0.1, -0.05) is 26.0 Å². The minimum Gasteiger partial charge on any atom is -0.354 e. The van der Waals surface area contributed by atoms with Crippen LogP contribution in [-0.2, 0) is 30.6 Å². The molecule has 0 aliphatic heterocycles. The number of thioether (sulfide) groups is 1. The second-order valence-corrected chi connectivity index (χ2v) is 8.87. The van der Waals surface area contributed by atoms with Crippen molar-refractivity contribution in [3.05, 3.63) is 57.5 Å². The fourth-order valence-corrected chi connectivity index (χ4v) is 4.11. The number of nitrogens with zero attached hydrogens (tertiary/aromatic N) is 2. The number of carbonyl (C=O) groups excluding carboxylic acids is 1. The average molecular weight is 386 g/mol. The Kier molecular flexibility index (Phi) is 6.72. The molecule has 0 atom stereocenters. The van der Waals surface area contributed by atoms with Crippen LogP contribution in [0.2, 0.25) is 0 Å². The molecular weight excluding hydrogens is 358 g/mol. The third-order valence-corrected chi connectivity index (χ3v) is 5.60. The first-order valence-corrected chi connectivity index (χ1v) is 10.5. The second-order valence-electron chi connectivity index (χ2n) is 7.22. The SMILES string of the molecule is CC(C)Sc1ccc(CC(=O)NCCn2nc3c(cc2=O)CCCC3)cc1. The number of benzene rings is 1. The third kappa shape index (κ3) is 5.70. The first-order valence-electron chi connectivity index (χ1n) is 9.63. The zero-order valence-corrected chi connectivity index (χ0v) is 16.8. The molecule has 1 heterocycles. The van der Waals surface area contributed by atoms with Crippen molar-refractivity contribution in [2.45, 2.75) is 62.6 Å². The summed E-state index contributed by atoms with van der Waals surface area (Å²) in [5, 5.41) is 7.91. The highest BCUT2D eigenvalue weighted by atomic mass is 32.2. The molecule has 0 radical (unpaired) electrons. The van der Waals surface area contributed by atoms with Gasteiger partial charge in [0.2, 0.25) is 5.91 Å². The van der Waals surface area contributed by atoms with Crippen molar-refractivity contribution in [3.63, 3.8) is 0 Å². The summed E-state index contributed by atoms with van der Waals surface area (Å²) in [7, 11) is 0. The van der Waals surface area contributed by atoms with Crippen LogP contribution >= 0.6 is 11.8 Å². The van der Waals surface area contributed by atoms with Gasteiger partial charge >= 0.3 is 0 Å². The molecule has 1 amide bonds. The Morgan fingerprint density at radius 3 is 2.70 bits per heavy atom. The van der Waals surface area contributed by atoms with Gasteiger partial charge in [-0.2, -0.15) is 5.10 Å². The maximum Gasteiger partial charge on any atom is 0.267 e. The van der Waals surface area contributed by atoms with Crippen LogP contribution in [0.1, 0.15) is 43.5 Å². The standard InChI is InChI=1S/C21H27N3O2S/c1-15(2)27-18-9-7-16(8-10-18)13-20(25)22-11-12-24-21(26)14-17-5-3-4-6-19(17)23-24/h7-10,14-15H,3-6,11-13H2,1-2H3,(H,22,25). The molecule has 27 heavy (non-hydrogen) atoms. The van der Waals surface area contributed by atoms with Crippen LogP contribution in [0.5, 0.6) is 0 Å². The lowest BCUT2D eigenvalue weighted by Gasteiger charge is -2.16. The Labute approximate surface area is 164 Å². The first kappa shape index (κ1) is 19.7. The van der Waals surface area contributed by atoms with Crippen molar-refractivity contribution in [3.8, 4) is 0 Å². The zero-order valence-electron chi connectivity index (χ0n) is 16.0. The van der Waals surface area contributed by atoms with E-state index in [9.17, 15) is 9.59 Å². The van der Waals surface area contributed by atoms with E-state index in [-0.39, 0.29) is 11.5 Å². The minimum absolute atomic E-state index is 0.0368. The Bertz CT molecular complexity index is 843. The summed E-state index contributed by atoms with van der Waals surface area (Å²) in [6.07, 6.45) is 4.49. The molecular formula is C21H27N3O2S. The van der Waals surface area contributed by atoms with Gasteiger partial charge in [0.05, 0.1) is 18.7 Å². The number of carbonyl (C=O) groups is 1. The molecule has 3 rings (SSSR count). The number of aryl methyl sites for hydroxylation is 2. The van der Waals surface area contributed by atoms with Crippen LogP contribution in [0.15, 0.2) is 40.0 Å². The predicted octanol–water partition coefficient (Wildman–Crippen LogP) is 2.98. The van der Waals surface area contributed by atoms with Crippen molar-refractivity contribution in [2.75, 3.05) is 6.54 Å². The predicted molar refractivity (Wildman–Crippen MR) is 109 cm³/mol. The van der Waals surface area contributed by atoms with Crippen molar-refractivity contribution >= 4 is 17.7 Å². The van der Waals surface area contributed by atoms with Crippen molar-refractivity contribution in [2.24, 2.45) is 0 Å². The van der Waals surface area contributed by atoms with E-state index in [0.717, 1.165) is 42.5 Å². The van der Waals surface area contributed by atoms with E-state index < -0.39 is 0 Å². The van der Waals surface area contributed by atoms with Gasteiger partial charge in [0, 0.05) is 22.8 Å². The van der Waals surface area contributed by atoms with Crippen LogP contribution in [-0.4, -0.2) is 27.5 Å². The Morgan fingerprint density at radius 1 is 1.22 bits per heavy atom. The highest BCUT2D eigenvalue weighted by Gasteiger charge is 2.13. The lowest BCUT2D eigenvalue weighted by molar-refractivity contribution is -0.120. The van der Waals surface area contributed by atoms with Gasteiger partial charge in [-0.3, -0.25) is 9.59 Å². The van der Waals surface area contributed by atoms with E-state index in [0.29, 0.717) is 24.8 Å². The zero-order chi connectivity index (χ0) is 19.2. The fraction of sp³-hybridized carbons (Fsp3) is 0.476. The molecule has 144 valence electrons. The molecule has 0 bridgehead atoms. The van der Waals surface area contributed by atoms with Crippen LogP contribution < -0.4 is 10.9 Å². The molecule has 0 saturated heterocycles. The van der Waals surface area contributed by atoms with Gasteiger partial charge in [-0.05, 0) is 48.9 Å². The Balaban J connectivity index is 1.49. The molecule has 1 N–H and O–H groups in total. The summed E-state index contributed by atoms with van der Waals surface area (Å²) >= 11 is 1.81. The van der Waals surface area contributed by atoms with Crippen molar-refractivity contribution in [1.82, 2.24) is 15.1 Å². The van der Waals surface area contributed by atoms with E-state index in [2.05, 4.69) is 36.4 Å². The highest BCUT2D eigenvalue weighted by Crippen LogP contribution is 2.23. The van der Waals surface area contributed by atoms with Gasteiger partial charge in [0.1, 0.15) is 0 Å². The summed E-state index contributed by atoms with van der Waals surface area (Å²) in [4.78, 5) is 25.5. The smallest absolute Gasteiger partial charge is 0.267 e. The van der Waals surface area contributed by atoms with Gasteiger partial charge in [0.25, 0.3) is 5.56 Å². The van der Waals surface area contributed by atoms with Crippen molar-refractivity contribution < 1.29 is 4.79 Å². The van der Waals surface area contributed by atoms with Crippen LogP contribution in [0, 0.1) is 0 Å². The molecule has 0 unspecified atom stereocenters. The molecule has 1 aromatic heterocycles. The van der Waals surface area contributed by atoms with Gasteiger partial charge in [-0.15, -0.1) is 11.8 Å². The average Bonchev–Trinajstić information content (AvgIpc) is 2.63. The summed E-state index contributed by atoms with van der Waals surface area (Å²) in [6, 6.07) is 9.83. The largest absolute Gasteiger partial charge is 0.354 e. The Morgan fingerprint density at radius 2 is 1.96 bits per heavy atom. The molecule has 5 nitrogen and oxygen atoms in total. The molecule has 1 aliphatic carbocycles. The van der Waals surface area contributed by atoms with E-state index >= 15 is 0 Å². The maximum absolute atomic E-state index is 12.2. The first-order chi connectivity index (χ1) is 13.0. The molecule has 1 aliphatic rings. The fourth-order valence-electron chi connectivity index (χ4n) is 3.27. The van der Waals surface area contributed by atoms with Crippen LogP contribution in [0.4, 0.5) is 0 Å². The number of fused-ring (bicyclic) bond motifs is 1. The minimum atomic E-state index is -0.0804. The number of rotatable bonds is 7. The highest BCUT2D eigenvalue weighted by molar-refractivity contribution is 7.99. The monoisotopic (exact) mass is 385 g/mol. The van der Waals surface area contributed by atoms with Crippen LogP contribution in [0.25, 0.3) is 0 Å². The third-order valence-electron chi connectivity index (χ3n) is 4.58. The van der Waals surface area contributed by atoms with E-state index in [1.54, 1.807) is 6.07 Å². The molecule has 2 aromatic rings. The summed E-state index contributed by atoms with van der Waals surface area (Å²) < 4.78 is 1.47. The second kappa shape index (κ2) is 9.22. The van der Waals surface area contributed by atoms with Gasteiger partial charge < -0.3 is 5.32 Å². The van der Waals surface area contributed by atoms with E-state index in [1.807, 2.05) is 23.9 Å². The number of hydrogen-bond acceptors (Lipinski definition) is 4. The normalized spacial score (nSPS) is 13.4. The summed E-state index contributed by atoms with van der Waals surface area (Å²) in [5.41, 5.74) is 3.03. The van der Waals surface area contributed by atoms with Gasteiger partial charge in [-0.25, -0.2) is 4.68 Å². The molecule has 0 spiro atoms. The number of aromatic nitrogens is 2. The molecule has 0 fully saturated rings. The topological polar surface area (TPSA) is 64.0 Å². The number of hydrogen-bond donors (Lipinski definition) is 1. The lowest BCUT2D eigenvalue weighted by Crippen LogP contribution is -2.33. The van der Waals surface area contributed by atoms with Gasteiger partial charge in [0.15, 0.2) is 0 Å². The van der Waals surface area contributed by atoms with E-state index in [4.69, 9.17) is 0 Å². The molecule has 6 heteroatoms. The lowest BCUT2D eigenvalue weighted by atomic mass is 9.97. The van der Waals surface area contributed by atoms with Crippen LogP contribution in [0.3, 0.4) is 0 Å². The summed E-state index contributed by atoms with van der Waals surface area (Å²) in [5.74, 6) is -0.0368. The van der Waals surface area contributed by atoms with E-state index in [1.165, 1.54) is 9.58 Å². The quantitative estimate of drug-likeness (QED) is 0.744. The summed E-state index contributed by atoms with van der Waals surface area (Å²) in [6.45, 7) is 5.14. The number of nitrogens with one attached hydrogen (secondary N) is 1. The maximum atomic E-state index is 12.2. The number of amides is 1. The molecule has 0 saturated carbocycles. The van der Waals surface area contributed by atoms with Crippen molar-refractivity contribution in [1.29, 1.82) is 0 Å². The Hall–Kier alpha value is -2.08.